The number of nitriles is 1. The van der Waals surface area contributed by atoms with Gasteiger partial charge in [-0.25, -0.2) is 4.98 Å². The van der Waals surface area contributed by atoms with Crippen molar-refractivity contribution in [2.45, 2.75) is 17.9 Å². The smallest absolute Gasteiger partial charge is 0.128 e. The molecule has 1 aliphatic heterocycles. The Labute approximate surface area is 104 Å². The second kappa shape index (κ2) is 5.89. The van der Waals surface area contributed by atoms with Crippen molar-refractivity contribution < 1.29 is 4.21 Å². The molecule has 1 atom stereocenters. The summed E-state index contributed by atoms with van der Waals surface area (Å²) >= 11 is 0. The summed E-state index contributed by atoms with van der Waals surface area (Å²) in [6.07, 6.45) is 3.70. The first kappa shape index (κ1) is 12.2. The molecule has 1 fully saturated rings. The van der Waals surface area contributed by atoms with Crippen LogP contribution in [0, 0.1) is 17.2 Å². The van der Waals surface area contributed by atoms with E-state index in [9.17, 15) is 4.21 Å². The second-order valence-corrected chi connectivity index (χ2v) is 5.64. The van der Waals surface area contributed by atoms with Crippen LogP contribution in [-0.2, 0) is 10.8 Å². The molecule has 1 aromatic heterocycles. The molecular formula is C12H15N3OS. The highest BCUT2D eigenvalue weighted by Crippen LogP contribution is 2.16. The molecule has 0 saturated carbocycles. The van der Waals surface area contributed by atoms with Crippen molar-refractivity contribution in [1.29, 1.82) is 5.26 Å². The molecule has 0 aromatic carbocycles. The van der Waals surface area contributed by atoms with Gasteiger partial charge in [0.1, 0.15) is 5.03 Å². The van der Waals surface area contributed by atoms with Crippen molar-refractivity contribution >= 4 is 10.8 Å². The van der Waals surface area contributed by atoms with Crippen LogP contribution in [0.5, 0.6) is 0 Å². The zero-order chi connectivity index (χ0) is 12.1. The van der Waals surface area contributed by atoms with E-state index in [0.29, 0.717) is 22.3 Å². The molecule has 0 spiro atoms. The molecule has 1 saturated heterocycles. The Hall–Kier alpha value is -1.25. The van der Waals surface area contributed by atoms with E-state index in [0.717, 1.165) is 25.9 Å². The van der Waals surface area contributed by atoms with Crippen LogP contribution in [0.25, 0.3) is 0 Å². The number of hydrogen-bond donors (Lipinski definition) is 1. The van der Waals surface area contributed by atoms with Gasteiger partial charge in [0.2, 0.25) is 0 Å². The Morgan fingerprint density at radius 2 is 2.29 bits per heavy atom. The first-order valence-electron chi connectivity index (χ1n) is 5.75. The predicted molar refractivity (Wildman–Crippen MR) is 65.8 cm³/mol. The largest absolute Gasteiger partial charge is 0.317 e. The molecule has 0 amide bonds. The lowest BCUT2D eigenvalue weighted by atomic mass is 10.0. The summed E-state index contributed by atoms with van der Waals surface area (Å²) in [5.41, 5.74) is 0.522. The third-order valence-electron chi connectivity index (χ3n) is 2.94. The zero-order valence-corrected chi connectivity index (χ0v) is 10.4. The number of pyridine rings is 1. The monoisotopic (exact) mass is 249 g/mol. The van der Waals surface area contributed by atoms with E-state index < -0.39 is 10.8 Å². The van der Waals surface area contributed by atoms with Gasteiger partial charge in [0.15, 0.2) is 0 Å². The highest BCUT2D eigenvalue weighted by Gasteiger charge is 2.17. The van der Waals surface area contributed by atoms with Crippen LogP contribution in [0.4, 0.5) is 0 Å². The Balaban J connectivity index is 2.01. The quantitative estimate of drug-likeness (QED) is 0.870. The van der Waals surface area contributed by atoms with Crippen molar-refractivity contribution in [1.82, 2.24) is 10.3 Å². The molecule has 1 aliphatic rings. The number of nitrogens with one attached hydrogen (secondary N) is 1. The van der Waals surface area contributed by atoms with Gasteiger partial charge in [-0.1, -0.05) is 0 Å². The number of aromatic nitrogens is 1. The van der Waals surface area contributed by atoms with Crippen LogP contribution in [0.2, 0.25) is 0 Å². The third kappa shape index (κ3) is 3.35. The van der Waals surface area contributed by atoms with Crippen LogP contribution in [-0.4, -0.2) is 28.0 Å². The van der Waals surface area contributed by atoms with Crippen LogP contribution in [0.3, 0.4) is 0 Å². The Kier molecular flexibility index (Phi) is 4.24. The highest BCUT2D eigenvalue weighted by molar-refractivity contribution is 7.84. The molecular weight excluding hydrogens is 234 g/mol. The average Bonchev–Trinajstić information content (AvgIpc) is 2.40. The molecule has 0 radical (unpaired) electrons. The Morgan fingerprint density at radius 1 is 1.53 bits per heavy atom. The van der Waals surface area contributed by atoms with E-state index in [-0.39, 0.29) is 0 Å². The summed E-state index contributed by atoms with van der Waals surface area (Å²) in [6.45, 7) is 2.01. The van der Waals surface area contributed by atoms with Gasteiger partial charge in [0.05, 0.1) is 22.4 Å². The maximum atomic E-state index is 12.1. The lowest BCUT2D eigenvalue weighted by Gasteiger charge is -2.21. The molecule has 0 bridgehead atoms. The highest BCUT2D eigenvalue weighted by atomic mass is 32.2. The van der Waals surface area contributed by atoms with E-state index in [2.05, 4.69) is 10.3 Å². The molecule has 2 heterocycles. The van der Waals surface area contributed by atoms with Gasteiger partial charge >= 0.3 is 0 Å². The van der Waals surface area contributed by atoms with Gasteiger partial charge in [0, 0.05) is 11.9 Å². The molecule has 90 valence electrons. The van der Waals surface area contributed by atoms with Gasteiger partial charge in [-0.3, -0.25) is 4.21 Å². The maximum absolute atomic E-state index is 12.1. The minimum absolute atomic E-state index is 0.504. The zero-order valence-electron chi connectivity index (χ0n) is 9.56. The third-order valence-corrected chi connectivity index (χ3v) is 4.41. The van der Waals surface area contributed by atoms with Crippen molar-refractivity contribution in [3.05, 3.63) is 23.9 Å². The van der Waals surface area contributed by atoms with E-state index in [4.69, 9.17) is 5.26 Å². The molecule has 0 aliphatic carbocycles. The Morgan fingerprint density at radius 3 is 3.00 bits per heavy atom. The molecule has 1 aromatic rings. The normalized spacial score (nSPS) is 18.5. The topological polar surface area (TPSA) is 65.8 Å². The summed E-state index contributed by atoms with van der Waals surface area (Å²) < 4.78 is 12.1. The summed E-state index contributed by atoms with van der Waals surface area (Å²) in [6, 6.07) is 5.29. The van der Waals surface area contributed by atoms with Crippen LogP contribution < -0.4 is 5.32 Å². The first-order chi connectivity index (χ1) is 8.29. The average molecular weight is 249 g/mol. The van der Waals surface area contributed by atoms with Gasteiger partial charge < -0.3 is 5.32 Å². The molecule has 4 nitrogen and oxygen atoms in total. The minimum atomic E-state index is -1.08. The van der Waals surface area contributed by atoms with Gasteiger partial charge in [-0.05, 0) is 44.0 Å². The van der Waals surface area contributed by atoms with E-state index >= 15 is 0 Å². The maximum Gasteiger partial charge on any atom is 0.128 e. The molecule has 0 unspecified atom stereocenters. The second-order valence-electron chi connectivity index (χ2n) is 4.20. The van der Waals surface area contributed by atoms with Gasteiger partial charge in [0.25, 0.3) is 0 Å². The SMILES string of the molecule is N#Cc1ccnc([S@@](=O)CC2CCNCC2)c1. The Bertz CT molecular complexity index is 449. The van der Waals surface area contributed by atoms with Crippen LogP contribution in [0.15, 0.2) is 23.4 Å². The summed E-state index contributed by atoms with van der Waals surface area (Å²) in [4.78, 5) is 4.09. The standard InChI is InChI=1S/C12H15N3OS/c13-8-11-3-6-15-12(7-11)17(16)9-10-1-4-14-5-2-10/h3,6-7,10,14H,1-2,4-5,9H2/t17-/m0/s1. The fourth-order valence-corrected chi connectivity index (χ4v) is 3.32. The van der Waals surface area contributed by atoms with Gasteiger partial charge in [-0.15, -0.1) is 0 Å². The van der Waals surface area contributed by atoms with Crippen molar-refractivity contribution in [2.24, 2.45) is 5.92 Å². The van der Waals surface area contributed by atoms with Crippen LogP contribution in [0.1, 0.15) is 18.4 Å². The van der Waals surface area contributed by atoms with Crippen molar-refractivity contribution in [3.63, 3.8) is 0 Å². The fourth-order valence-electron chi connectivity index (χ4n) is 1.95. The summed E-state index contributed by atoms with van der Waals surface area (Å²) in [5, 5.41) is 12.6. The van der Waals surface area contributed by atoms with E-state index in [1.54, 1.807) is 18.3 Å². The lowest BCUT2D eigenvalue weighted by Crippen LogP contribution is -2.30. The van der Waals surface area contributed by atoms with E-state index in [1.165, 1.54) is 0 Å². The molecule has 2 rings (SSSR count). The molecule has 5 heteroatoms. The number of hydrogen-bond acceptors (Lipinski definition) is 4. The number of nitrogens with zero attached hydrogens (tertiary/aromatic N) is 2. The first-order valence-corrected chi connectivity index (χ1v) is 7.07. The van der Waals surface area contributed by atoms with Crippen LogP contribution >= 0.6 is 0 Å². The minimum Gasteiger partial charge on any atom is -0.317 e. The summed E-state index contributed by atoms with van der Waals surface area (Å²) in [7, 11) is -1.08. The molecule has 1 N–H and O–H groups in total. The number of piperidine rings is 1. The number of rotatable bonds is 3. The predicted octanol–water partition coefficient (Wildman–Crippen LogP) is 1.06. The van der Waals surface area contributed by atoms with Crippen molar-refractivity contribution in [2.75, 3.05) is 18.8 Å². The van der Waals surface area contributed by atoms with E-state index in [1.807, 2.05) is 6.07 Å². The summed E-state index contributed by atoms with van der Waals surface area (Å²) in [5.74, 6) is 1.16. The molecule has 17 heavy (non-hydrogen) atoms. The van der Waals surface area contributed by atoms with Crippen molar-refractivity contribution in [3.8, 4) is 6.07 Å². The lowest BCUT2D eigenvalue weighted by molar-refractivity contribution is 0.405. The fraction of sp³-hybridized carbons (Fsp3) is 0.500. The van der Waals surface area contributed by atoms with Gasteiger partial charge in [-0.2, -0.15) is 5.26 Å².